The van der Waals surface area contributed by atoms with Crippen LogP contribution in [-0.4, -0.2) is 45.0 Å². The van der Waals surface area contributed by atoms with E-state index in [1.54, 1.807) is 18.4 Å². The van der Waals surface area contributed by atoms with E-state index in [-0.39, 0.29) is 11.2 Å². The lowest BCUT2D eigenvalue weighted by atomic mass is 9.80. The molecule has 0 N–H and O–H groups in total. The molecule has 0 atom stereocenters. The zero-order valence-corrected chi connectivity index (χ0v) is 21.8. The van der Waals surface area contributed by atoms with Crippen molar-refractivity contribution in [1.82, 2.24) is 0 Å². The number of methoxy groups -OCH3 is 1. The maximum absolute atomic E-state index is 13.4. The summed E-state index contributed by atoms with van der Waals surface area (Å²) in [6.07, 6.45) is 4.40. The molecular weight excluding hydrogens is 458 g/mol. The lowest BCUT2D eigenvalue weighted by molar-refractivity contribution is -0.121. The van der Waals surface area contributed by atoms with Gasteiger partial charge in [-0.15, -0.1) is 0 Å². The summed E-state index contributed by atoms with van der Waals surface area (Å²) in [6, 6.07) is 6.32. The fraction of sp³-hybridized carbons (Fsp3) is 0.448. The van der Waals surface area contributed by atoms with Crippen LogP contribution < -0.4 is 9.47 Å². The number of carbonyl (C=O) groups excluding carboxylic acids is 1. The summed E-state index contributed by atoms with van der Waals surface area (Å²) in [7, 11) is 1.71. The van der Waals surface area contributed by atoms with E-state index in [9.17, 15) is 4.79 Å². The number of fused-ring (bicyclic) bond motifs is 2. The summed E-state index contributed by atoms with van der Waals surface area (Å²) in [5.41, 5.74) is 7.16. The highest BCUT2D eigenvalue weighted by molar-refractivity contribution is 7.08. The normalized spacial score (nSPS) is 19.6. The zero-order valence-electron chi connectivity index (χ0n) is 21.0. The molecule has 5 nitrogen and oxygen atoms in total. The monoisotopic (exact) mass is 491 g/mol. The van der Waals surface area contributed by atoms with Crippen molar-refractivity contribution in [1.29, 1.82) is 0 Å². The Morgan fingerprint density at radius 1 is 1.31 bits per heavy atom. The van der Waals surface area contributed by atoms with Crippen molar-refractivity contribution in [3.05, 3.63) is 56.8 Å². The van der Waals surface area contributed by atoms with Crippen LogP contribution in [0.15, 0.2) is 45.1 Å². The van der Waals surface area contributed by atoms with Gasteiger partial charge in [-0.05, 0) is 70.0 Å². The van der Waals surface area contributed by atoms with Gasteiger partial charge in [0.1, 0.15) is 23.8 Å². The van der Waals surface area contributed by atoms with Gasteiger partial charge < -0.3 is 14.2 Å². The van der Waals surface area contributed by atoms with Crippen molar-refractivity contribution < 1.29 is 19.0 Å². The Kier molecular flexibility index (Phi) is 6.69. The lowest BCUT2D eigenvalue weighted by Gasteiger charge is -2.38. The van der Waals surface area contributed by atoms with Crippen molar-refractivity contribution >= 4 is 34.5 Å². The number of hydrogen-bond donors (Lipinski definition) is 0. The van der Waals surface area contributed by atoms with Crippen molar-refractivity contribution in [3.63, 3.8) is 0 Å². The summed E-state index contributed by atoms with van der Waals surface area (Å²) in [4.78, 5) is 18.2. The van der Waals surface area contributed by atoms with Gasteiger partial charge in [0.25, 0.3) is 0 Å². The van der Waals surface area contributed by atoms with E-state index in [1.807, 2.05) is 6.07 Å². The Labute approximate surface area is 211 Å². The van der Waals surface area contributed by atoms with E-state index in [4.69, 9.17) is 19.2 Å². The minimum Gasteiger partial charge on any atom is -0.496 e. The molecule has 184 valence electrons. The highest BCUT2D eigenvalue weighted by Crippen LogP contribution is 2.44. The molecule has 3 aliphatic heterocycles. The van der Waals surface area contributed by atoms with Crippen LogP contribution in [0, 0.1) is 11.3 Å². The molecule has 1 aromatic carbocycles. The predicted molar refractivity (Wildman–Crippen MR) is 142 cm³/mol. The molecule has 0 bridgehead atoms. The van der Waals surface area contributed by atoms with Crippen LogP contribution >= 0.6 is 11.3 Å². The molecule has 1 saturated heterocycles. The number of carbonyl (C=O) groups is 1. The molecular formula is C29H33NO4S. The second-order valence-electron chi connectivity index (χ2n) is 10.5. The van der Waals surface area contributed by atoms with Crippen LogP contribution in [0.2, 0.25) is 0 Å². The first-order valence-electron chi connectivity index (χ1n) is 12.3. The van der Waals surface area contributed by atoms with Gasteiger partial charge in [0.15, 0.2) is 5.78 Å². The summed E-state index contributed by atoms with van der Waals surface area (Å²) in [6.45, 7) is 8.88. The highest BCUT2D eigenvalue weighted by atomic mass is 32.1. The Balaban J connectivity index is 1.57. The van der Waals surface area contributed by atoms with Crippen molar-refractivity contribution in [2.75, 3.05) is 33.5 Å². The Morgan fingerprint density at radius 2 is 2.14 bits per heavy atom. The number of hydrogen-bond acceptors (Lipinski definition) is 6. The topological polar surface area (TPSA) is 57.1 Å². The first kappa shape index (κ1) is 24.0. The number of ether oxygens (including phenoxy) is 3. The quantitative estimate of drug-likeness (QED) is 0.453. The summed E-state index contributed by atoms with van der Waals surface area (Å²) in [5.74, 6) is 2.24. The predicted octanol–water partition coefficient (Wildman–Crippen LogP) is 6.03. The Hall–Kier alpha value is -2.70. The van der Waals surface area contributed by atoms with Crippen molar-refractivity contribution in [2.24, 2.45) is 16.3 Å². The molecule has 0 aliphatic carbocycles. The molecule has 5 rings (SSSR count). The molecule has 1 aromatic heterocycles. The molecule has 0 radical (unpaired) electrons. The minimum atomic E-state index is 0.100. The van der Waals surface area contributed by atoms with Crippen LogP contribution in [-0.2, 0) is 16.0 Å². The second-order valence-corrected chi connectivity index (χ2v) is 11.3. The number of Topliss-reactive ketones (excluding diaryl/α,β-unsaturated/α-hetero) is 1. The minimum absolute atomic E-state index is 0.100. The molecule has 35 heavy (non-hydrogen) atoms. The Bertz CT molecular complexity index is 1220. The molecule has 3 aliphatic rings. The first-order chi connectivity index (χ1) is 16.9. The molecule has 0 amide bonds. The number of ketones is 1. The van der Waals surface area contributed by atoms with Crippen LogP contribution in [0.4, 0.5) is 0 Å². The fourth-order valence-electron chi connectivity index (χ4n) is 5.05. The van der Waals surface area contributed by atoms with E-state index in [0.717, 1.165) is 71.0 Å². The second kappa shape index (κ2) is 9.75. The summed E-state index contributed by atoms with van der Waals surface area (Å²) in [5, 5.41) is 4.22. The number of nitrogens with zero attached hydrogens (tertiary/aromatic N) is 1. The molecule has 4 heterocycles. The molecule has 0 spiro atoms. The van der Waals surface area contributed by atoms with Gasteiger partial charge in [-0.2, -0.15) is 11.3 Å². The van der Waals surface area contributed by atoms with Crippen LogP contribution in [0.25, 0.3) is 11.6 Å². The Morgan fingerprint density at radius 3 is 2.80 bits per heavy atom. The van der Waals surface area contributed by atoms with Crippen molar-refractivity contribution in [3.8, 4) is 11.5 Å². The summed E-state index contributed by atoms with van der Waals surface area (Å²) < 4.78 is 17.3. The van der Waals surface area contributed by atoms with Crippen LogP contribution in [0.5, 0.6) is 11.5 Å². The van der Waals surface area contributed by atoms with E-state index in [0.29, 0.717) is 31.2 Å². The van der Waals surface area contributed by atoms with Gasteiger partial charge in [0.2, 0.25) is 0 Å². The zero-order chi connectivity index (χ0) is 24.6. The van der Waals surface area contributed by atoms with Gasteiger partial charge in [-0.3, -0.25) is 9.79 Å². The van der Waals surface area contributed by atoms with Crippen molar-refractivity contribution in [2.45, 2.75) is 40.0 Å². The number of rotatable bonds is 8. The van der Waals surface area contributed by atoms with E-state index >= 15 is 0 Å². The third-order valence-corrected chi connectivity index (χ3v) is 7.67. The smallest absolute Gasteiger partial charge is 0.181 e. The molecule has 0 saturated carbocycles. The SMILES string of the molecule is COc1cc2c(cc1CC(C)C)C1=C(CO2)C(C(=O)CCC2(C)COC2)=NC/C1=C/c1ccsc1. The number of thiophene rings is 1. The number of dihydropyridines is 1. The number of aliphatic imine (C=N–C) groups is 1. The molecule has 6 heteroatoms. The third-order valence-electron chi connectivity index (χ3n) is 6.97. The summed E-state index contributed by atoms with van der Waals surface area (Å²) >= 11 is 1.68. The maximum Gasteiger partial charge on any atom is 0.181 e. The van der Waals surface area contributed by atoms with Gasteiger partial charge >= 0.3 is 0 Å². The van der Waals surface area contributed by atoms with E-state index in [1.165, 1.54) is 0 Å². The van der Waals surface area contributed by atoms with Gasteiger partial charge in [-0.25, -0.2) is 0 Å². The largest absolute Gasteiger partial charge is 0.496 e. The lowest BCUT2D eigenvalue weighted by Crippen LogP contribution is -2.40. The average Bonchev–Trinajstić information content (AvgIpc) is 3.33. The highest BCUT2D eigenvalue weighted by Gasteiger charge is 2.36. The molecule has 0 unspecified atom stereocenters. The average molecular weight is 492 g/mol. The number of benzene rings is 1. The van der Waals surface area contributed by atoms with E-state index < -0.39 is 0 Å². The van der Waals surface area contributed by atoms with Crippen LogP contribution in [0.3, 0.4) is 0 Å². The maximum atomic E-state index is 13.4. The molecule has 2 aromatic rings. The van der Waals surface area contributed by atoms with Gasteiger partial charge in [-0.1, -0.05) is 20.8 Å². The third kappa shape index (κ3) is 4.87. The van der Waals surface area contributed by atoms with Crippen LogP contribution in [0.1, 0.15) is 50.3 Å². The first-order valence-corrected chi connectivity index (χ1v) is 13.3. The van der Waals surface area contributed by atoms with Gasteiger partial charge in [0, 0.05) is 29.0 Å². The molecule has 1 fully saturated rings. The standard InChI is InChI=1S/C29H33NO4S/c1-18(2)9-20-11-22-26(12-25(20)32-4)34-14-23-27(22)21(10-19-6-8-35-15-19)13-30-28(23)24(31)5-7-29(3)16-33-17-29/h6,8,10-12,15,18H,5,7,9,13-14,16-17H2,1-4H3/b21-10-. The van der Waals surface area contributed by atoms with Gasteiger partial charge in [0.05, 0.1) is 26.9 Å². The van der Waals surface area contributed by atoms with E-state index in [2.05, 4.69) is 49.7 Å². The fourth-order valence-corrected chi connectivity index (χ4v) is 5.67.